The number of amides is 1. The number of pyridine rings is 1. The first-order chi connectivity index (χ1) is 14.6. The molecule has 0 aliphatic rings. The highest BCUT2D eigenvalue weighted by atomic mass is 16.5. The van der Waals surface area contributed by atoms with Crippen LogP contribution in [0.25, 0.3) is 5.69 Å². The largest absolute Gasteiger partial charge is 0.493 e. The molecule has 150 valence electrons. The molecule has 4 aromatic rings. The van der Waals surface area contributed by atoms with Crippen molar-refractivity contribution in [3.05, 3.63) is 89.2 Å². The Labute approximate surface area is 170 Å². The molecule has 9 heteroatoms. The van der Waals surface area contributed by atoms with Gasteiger partial charge in [-0.15, -0.1) is 5.10 Å². The standard InChI is InChI=1S/C21H17N5O4/c1-29-16-9-5-6-10-17(16)30-18-12-11-14(13-22-18)23-20(27)19-24-21(28)26(25-19)15-7-3-2-4-8-15/h2-13H,1H3,(H,23,27)(H,24,25,28). The Morgan fingerprint density at radius 1 is 1.00 bits per heavy atom. The fourth-order valence-electron chi connectivity index (χ4n) is 2.69. The molecule has 0 aliphatic carbocycles. The van der Waals surface area contributed by atoms with E-state index in [1.165, 1.54) is 6.20 Å². The van der Waals surface area contributed by atoms with Gasteiger partial charge < -0.3 is 14.8 Å². The van der Waals surface area contributed by atoms with Crippen molar-refractivity contribution in [1.82, 2.24) is 19.7 Å². The van der Waals surface area contributed by atoms with Gasteiger partial charge in [-0.2, -0.15) is 4.68 Å². The number of nitrogens with one attached hydrogen (secondary N) is 2. The zero-order chi connectivity index (χ0) is 20.9. The van der Waals surface area contributed by atoms with Crippen molar-refractivity contribution in [2.75, 3.05) is 12.4 Å². The molecule has 0 aliphatic heterocycles. The Kier molecular flexibility index (Phi) is 5.25. The highest BCUT2D eigenvalue weighted by Gasteiger charge is 2.15. The lowest BCUT2D eigenvalue weighted by Crippen LogP contribution is -2.15. The summed E-state index contributed by atoms with van der Waals surface area (Å²) < 4.78 is 12.1. The van der Waals surface area contributed by atoms with E-state index < -0.39 is 11.6 Å². The van der Waals surface area contributed by atoms with Crippen molar-refractivity contribution in [3.8, 4) is 23.1 Å². The zero-order valence-corrected chi connectivity index (χ0v) is 15.9. The maximum absolute atomic E-state index is 12.4. The van der Waals surface area contributed by atoms with Crippen LogP contribution in [0.15, 0.2) is 77.7 Å². The minimum Gasteiger partial charge on any atom is -0.493 e. The summed E-state index contributed by atoms with van der Waals surface area (Å²) in [5, 5.41) is 6.68. The molecule has 0 saturated heterocycles. The number of ether oxygens (including phenoxy) is 2. The average Bonchev–Trinajstić information content (AvgIpc) is 3.18. The Morgan fingerprint density at radius 2 is 1.73 bits per heavy atom. The molecule has 0 unspecified atom stereocenters. The number of anilines is 1. The third-order valence-electron chi connectivity index (χ3n) is 4.11. The van der Waals surface area contributed by atoms with Crippen molar-refractivity contribution < 1.29 is 14.3 Å². The highest BCUT2D eigenvalue weighted by Crippen LogP contribution is 2.30. The molecule has 9 nitrogen and oxygen atoms in total. The number of aromatic amines is 1. The summed E-state index contributed by atoms with van der Waals surface area (Å²) in [7, 11) is 1.55. The van der Waals surface area contributed by atoms with E-state index in [-0.39, 0.29) is 5.82 Å². The number of H-pyrrole nitrogens is 1. The second-order valence-electron chi connectivity index (χ2n) is 6.12. The number of aromatic nitrogens is 4. The first-order valence-corrected chi connectivity index (χ1v) is 8.97. The lowest BCUT2D eigenvalue weighted by molar-refractivity contribution is 0.101. The Bertz CT molecular complexity index is 1220. The van der Waals surface area contributed by atoms with E-state index in [1.807, 2.05) is 18.2 Å². The maximum atomic E-state index is 12.4. The second kappa shape index (κ2) is 8.31. The Balaban J connectivity index is 1.46. The molecule has 0 fully saturated rings. The number of benzene rings is 2. The van der Waals surface area contributed by atoms with Crippen LogP contribution in [0.3, 0.4) is 0 Å². The first kappa shape index (κ1) is 18.9. The smallest absolute Gasteiger partial charge is 0.348 e. The number of hydrogen-bond acceptors (Lipinski definition) is 6. The van der Waals surface area contributed by atoms with Gasteiger partial charge in [0, 0.05) is 6.07 Å². The van der Waals surface area contributed by atoms with Gasteiger partial charge in [0.15, 0.2) is 11.5 Å². The van der Waals surface area contributed by atoms with Crippen LogP contribution in [0.2, 0.25) is 0 Å². The summed E-state index contributed by atoms with van der Waals surface area (Å²) in [6.45, 7) is 0. The molecule has 0 atom stereocenters. The van der Waals surface area contributed by atoms with Gasteiger partial charge >= 0.3 is 5.69 Å². The minimum absolute atomic E-state index is 0.113. The molecule has 0 saturated carbocycles. The van der Waals surface area contributed by atoms with Crippen molar-refractivity contribution in [1.29, 1.82) is 0 Å². The topological polar surface area (TPSA) is 111 Å². The first-order valence-electron chi connectivity index (χ1n) is 8.97. The molecule has 0 spiro atoms. The Hall–Kier alpha value is -4.40. The predicted octanol–water partition coefficient (Wildman–Crippen LogP) is 3.01. The van der Waals surface area contributed by atoms with E-state index in [1.54, 1.807) is 55.6 Å². The van der Waals surface area contributed by atoms with E-state index in [0.29, 0.717) is 28.8 Å². The van der Waals surface area contributed by atoms with E-state index in [0.717, 1.165) is 4.68 Å². The van der Waals surface area contributed by atoms with Crippen molar-refractivity contribution >= 4 is 11.6 Å². The van der Waals surface area contributed by atoms with Gasteiger partial charge in [0.2, 0.25) is 11.7 Å². The lowest BCUT2D eigenvalue weighted by atomic mass is 10.3. The molecule has 4 rings (SSSR count). The zero-order valence-electron chi connectivity index (χ0n) is 15.9. The number of hydrogen-bond donors (Lipinski definition) is 2. The van der Waals surface area contributed by atoms with E-state index in [9.17, 15) is 9.59 Å². The SMILES string of the molecule is COc1ccccc1Oc1ccc(NC(=O)c2nn(-c3ccccc3)c(=O)[nH]2)cn1. The van der Waals surface area contributed by atoms with Gasteiger partial charge in [-0.1, -0.05) is 30.3 Å². The number of nitrogens with zero attached hydrogens (tertiary/aromatic N) is 3. The normalized spacial score (nSPS) is 10.4. The lowest BCUT2D eigenvalue weighted by Gasteiger charge is -2.09. The fraction of sp³-hybridized carbons (Fsp3) is 0.0476. The molecule has 2 N–H and O–H groups in total. The quantitative estimate of drug-likeness (QED) is 0.512. The summed E-state index contributed by atoms with van der Waals surface area (Å²) in [6, 6.07) is 19.2. The van der Waals surface area contributed by atoms with Crippen molar-refractivity contribution in [3.63, 3.8) is 0 Å². The van der Waals surface area contributed by atoms with Crippen LogP contribution in [0.4, 0.5) is 5.69 Å². The van der Waals surface area contributed by atoms with Gasteiger partial charge in [0.1, 0.15) is 0 Å². The molecular formula is C21H17N5O4. The van der Waals surface area contributed by atoms with Crippen molar-refractivity contribution in [2.24, 2.45) is 0 Å². The van der Waals surface area contributed by atoms with Crippen LogP contribution in [0.5, 0.6) is 17.4 Å². The van der Waals surface area contributed by atoms with Crippen LogP contribution >= 0.6 is 0 Å². The molecule has 30 heavy (non-hydrogen) atoms. The maximum Gasteiger partial charge on any atom is 0.348 e. The van der Waals surface area contributed by atoms with Crippen LogP contribution in [0.1, 0.15) is 10.6 Å². The molecule has 2 heterocycles. The third-order valence-corrected chi connectivity index (χ3v) is 4.11. The van der Waals surface area contributed by atoms with E-state index in [4.69, 9.17) is 9.47 Å². The minimum atomic E-state index is -0.568. The summed E-state index contributed by atoms with van der Waals surface area (Å²) >= 11 is 0. The van der Waals surface area contributed by atoms with Crippen LogP contribution in [-0.4, -0.2) is 32.8 Å². The van der Waals surface area contributed by atoms with Crippen LogP contribution < -0.4 is 20.5 Å². The molecule has 0 bridgehead atoms. The monoisotopic (exact) mass is 403 g/mol. The average molecular weight is 403 g/mol. The van der Waals surface area contributed by atoms with E-state index in [2.05, 4.69) is 20.4 Å². The van der Waals surface area contributed by atoms with Gasteiger partial charge in [-0.05, 0) is 30.3 Å². The summed E-state index contributed by atoms with van der Waals surface area (Å²) in [5.41, 5.74) is 0.463. The number of methoxy groups -OCH3 is 1. The number of carbonyl (C=O) groups excluding carboxylic acids is 1. The summed E-state index contributed by atoms with van der Waals surface area (Å²) in [5.74, 6) is 0.752. The molecule has 2 aromatic heterocycles. The fourth-order valence-corrected chi connectivity index (χ4v) is 2.69. The summed E-state index contributed by atoms with van der Waals surface area (Å²) in [4.78, 5) is 31.2. The van der Waals surface area contributed by atoms with Gasteiger partial charge in [-0.25, -0.2) is 9.78 Å². The third kappa shape index (κ3) is 4.04. The van der Waals surface area contributed by atoms with Gasteiger partial charge in [-0.3, -0.25) is 9.78 Å². The predicted molar refractivity (Wildman–Crippen MR) is 109 cm³/mol. The van der Waals surface area contributed by atoms with Gasteiger partial charge in [0.25, 0.3) is 5.91 Å². The second-order valence-corrected chi connectivity index (χ2v) is 6.12. The van der Waals surface area contributed by atoms with Gasteiger partial charge in [0.05, 0.1) is 24.7 Å². The molecule has 0 radical (unpaired) electrons. The molecule has 2 aromatic carbocycles. The van der Waals surface area contributed by atoms with Crippen LogP contribution in [-0.2, 0) is 0 Å². The number of para-hydroxylation sites is 3. The van der Waals surface area contributed by atoms with E-state index >= 15 is 0 Å². The van der Waals surface area contributed by atoms with Crippen molar-refractivity contribution in [2.45, 2.75) is 0 Å². The Morgan fingerprint density at radius 3 is 2.43 bits per heavy atom. The highest BCUT2D eigenvalue weighted by molar-refractivity contribution is 6.01. The number of carbonyl (C=O) groups is 1. The molecular weight excluding hydrogens is 386 g/mol. The van der Waals surface area contributed by atoms with Crippen LogP contribution in [0, 0.1) is 0 Å². The number of rotatable bonds is 6. The summed E-state index contributed by atoms with van der Waals surface area (Å²) in [6.07, 6.45) is 1.44. The molecule has 1 amide bonds.